The minimum absolute atomic E-state index is 0.0383. The molecule has 1 aromatic rings. The molecular formula is C13H14F2N2O2. The van der Waals surface area contributed by atoms with Crippen LogP contribution in [0.4, 0.5) is 8.78 Å². The number of hydrogen-bond donors (Lipinski definition) is 1. The Morgan fingerprint density at radius 1 is 1.37 bits per heavy atom. The maximum atomic E-state index is 13.6. The fraction of sp³-hybridized carbons (Fsp3) is 0.385. The van der Waals surface area contributed by atoms with E-state index in [2.05, 4.69) is 5.32 Å². The van der Waals surface area contributed by atoms with Gasteiger partial charge in [-0.1, -0.05) is 0 Å². The van der Waals surface area contributed by atoms with Gasteiger partial charge >= 0.3 is 0 Å². The molecule has 19 heavy (non-hydrogen) atoms. The number of imide groups is 1. The molecule has 1 saturated heterocycles. The topological polar surface area (TPSA) is 49.4 Å². The molecule has 2 atom stereocenters. The largest absolute Gasteiger partial charge is 0.299 e. The summed E-state index contributed by atoms with van der Waals surface area (Å²) < 4.78 is 26.7. The molecular weight excluding hydrogens is 254 g/mol. The fourth-order valence-electron chi connectivity index (χ4n) is 2.12. The van der Waals surface area contributed by atoms with Crippen LogP contribution < -0.4 is 5.32 Å². The monoisotopic (exact) mass is 268 g/mol. The summed E-state index contributed by atoms with van der Waals surface area (Å²) in [6.07, 6.45) is 0.0383. The lowest BCUT2D eigenvalue weighted by atomic mass is 10.1. The van der Waals surface area contributed by atoms with Crippen molar-refractivity contribution in [1.82, 2.24) is 10.2 Å². The van der Waals surface area contributed by atoms with E-state index in [1.54, 1.807) is 6.92 Å². The summed E-state index contributed by atoms with van der Waals surface area (Å²) in [6.45, 7) is 1.62. The van der Waals surface area contributed by atoms with E-state index < -0.39 is 23.7 Å². The second-order valence-corrected chi connectivity index (χ2v) is 4.60. The van der Waals surface area contributed by atoms with Crippen LogP contribution in [0.2, 0.25) is 0 Å². The smallest absolute Gasteiger partial charge is 0.246 e. The zero-order chi connectivity index (χ0) is 14.2. The number of nitrogens with one attached hydrogen (secondary N) is 1. The summed E-state index contributed by atoms with van der Waals surface area (Å²) in [5, 5.41) is 2.86. The number of likely N-dealkylation sites (tertiary alicyclic amines) is 1. The Bertz CT molecular complexity index is 533. The minimum atomic E-state index is -0.685. The van der Waals surface area contributed by atoms with E-state index in [0.717, 1.165) is 23.1 Å². The molecule has 2 unspecified atom stereocenters. The predicted molar refractivity (Wildman–Crippen MR) is 64.1 cm³/mol. The number of halogens is 2. The van der Waals surface area contributed by atoms with Crippen LogP contribution in [0.1, 0.15) is 24.9 Å². The third kappa shape index (κ3) is 2.63. The Hall–Kier alpha value is -1.82. The lowest BCUT2D eigenvalue weighted by Gasteiger charge is -2.18. The van der Waals surface area contributed by atoms with Gasteiger partial charge in [0.15, 0.2) is 0 Å². The van der Waals surface area contributed by atoms with Gasteiger partial charge in [0.25, 0.3) is 0 Å². The Morgan fingerprint density at radius 2 is 2.05 bits per heavy atom. The van der Waals surface area contributed by atoms with Gasteiger partial charge < -0.3 is 0 Å². The summed E-state index contributed by atoms with van der Waals surface area (Å²) in [7, 11) is 1.40. The number of amides is 2. The van der Waals surface area contributed by atoms with Gasteiger partial charge in [-0.25, -0.2) is 8.78 Å². The van der Waals surface area contributed by atoms with Crippen LogP contribution in [0.25, 0.3) is 0 Å². The number of likely N-dealkylation sites (N-methyl/N-ethyl adjacent to an activating group) is 1. The zero-order valence-electron chi connectivity index (χ0n) is 10.6. The molecule has 0 aromatic heterocycles. The first-order valence-corrected chi connectivity index (χ1v) is 5.91. The van der Waals surface area contributed by atoms with Crippen LogP contribution in [0.3, 0.4) is 0 Å². The van der Waals surface area contributed by atoms with Crippen molar-refractivity contribution >= 4 is 11.8 Å². The van der Waals surface area contributed by atoms with E-state index in [4.69, 9.17) is 0 Å². The lowest BCUT2D eigenvalue weighted by molar-refractivity contribution is -0.137. The number of hydrogen-bond acceptors (Lipinski definition) is 3. The Balaban J connectivity index is 2.13. The first-order valence-electron chi connectivity index (χ1n) is 5.91. The van der Waals surface area contributed by atoms with E-state index in [0.29, 0.717) is 0 Å². The van der Waals surface area contributed by atoms with Crippen molar-refractivity contribution in [3.8, 4) is 0 Å². The van der Waals surface area contributed by atoms with Gasteiger partial charge in [-0.3, -0.25) is 19.8 Å². The highest BCUT2D eigenvalue weighted by Crippen LogP contribution is 2.21. The first kappa shape index (κ1) is 13.6. The van der Waals surface area contributed by atoms with Crippen LogP contribution in [0.5, 0.6) is 0 Å². The number of nitrogens with zero attached hydrogens (tertiary/aromatic N) is 1. The van der Waals surface area contributed by atoms with Gasteiger partial charge in [0, 0.05) is 18.7 Å². The molecule has 0 spiro atoms. The number of carbonyl (C=O) groups is 2. The Labute approximate surface area is 109 Å². The summed E-state index contributed by atoms with van der Waals surface area (Å²) in [5.74, 6) is -1.73. The van der Waals surface area contributed by atoms with E-state index >= 15 is 0 Å². The molecule has 1 N–H and O–H groups in total. The molecule has 1 fully saturated rings. The number of carbonyl (C=O) groups excluding carboxylic acids is 2. The Morgan fingerprint density at radius 3 is 2.63 bits per heavy atom. The molecule has 1 aliphatic rings. The average molecular weight is 268 g/mol. The van der Waals surface area contributed by atoms with Crippen LogP contribution >= 0.6 is 0 Å². The van der Waals surface area contributed by atoms with Crippen molar-refractivity contribution in [3.63, 3.8) is 0 Å². The molecule has 1 aromatic carbocycles. The average Bonchev–Trinajstić information content (AvgIpc) is 2.60. The highest BCUT2D eigenvalue weighted by Gasteiger charge is 2.36. The molecule has 0 bridgehead atoms. The summed E-state index contributed by atoms with van der Waals surface area (Å²) >= 11 is 0. The second kappa shape index (κ2) is 5.05. The molecule has 0 saturated carbocycles. The van der Waals surface area contributed by atoms with E-state index in [1.165, 1.54) is 7.05 Å². The van der Waals surface area contributed by atoms with Gasteiger partial charge in [-0.2, -0.15) is 0 Å². The maximum Gasteiger partial charge on any atom is 0.246 e. The highest BCUT2D eigenvalue weighted by atomic mass is 19.1. The van der Waals surface area contributed by atoms with Crippen LogP contribution in [-0.4, -0.2) is 29.8 Å². The second-order valence-electron chi connectivity index (χ2n) is 4.60. The number of benzene rings is 1. The highest BCUT2D eigenvalue weighted by molar-refractivity contribution is 6.05. The molecule has 2 amide bonds. The van der Waals surface area contributed by atoms with Gasteiger partial charge in [0.2, 0.25) is 11.8 Å². The molecule has 4 nitrogen and oxygen atoms in total. The zero-order valence-corrected chi connectivity index (χ0v) is 10.6. The van der Waals surface area contributed by atoms with Crippen molar-refractivity contribution in [3.05, 3.63) is 35.4 Å². The molecule has 0 aliphatic carbocycles. The van der Waals surface area contributed by atoms with Crippen molar-refractivity contribution in [2.24, 2.45) is 0 Å². The van der Waals surface area contributed by atoms with E-state index in [1.807, 2.05) is 0 Å². The minimum Gasteiger partial charge on any atom is -0.299 e. The quantitative estimate of drug-likeness (QED) is 0.842. The molecule has 2 rings (SSSR count). The predicted octanol–water partition coefficient (Wildman–Crippen LogP) is 1.37. The normalized spacial score (nSPS) is 21.1. The van der Waals surface area contributed by atoms with Crippen molar-refractivity contribution in [1.29, 1.82) is 0 Å². The third-order valence-electron chi connectivity index (χ3n) is 3.26. The number of rotatable bonds is 3. The first-order chi connectivity index (χ1) is 8.90. The van der Waals surface area contributed by atoms with Gasteiger partial charge in [-0.05, 0) is 25.1 Å². The van der Waals surface area contributed by atoms with E-state index in [9.17, 15) is 18.4 Å². The van der Waals surface area contributed by atoms with Crippen LogP contribution in [-0.2, 0) is 9.59 Å². The lowest BCUT2D eigenvalue weighted by Crippen LogP contribution is -2.38. The van der Waals surface area contributed by atoms with Crippen molar-refractivity contribution < 1.29 is 18.4 Å². The van der Waals surface area contributed by atoms with Crippen molar-refractivity contribution in [2.75, 3.05) is 7.05 Å². The molecule has 1 aliphatic heterocycles. The van der Waals surface area contributed by atoms with Crippen LogP contribution in [0.15, 0.2) is 18.2 Å². The molecule has 6 heteroatoms. The van der Waals surface area contributed by atoms with Crippen molar-refractivity contribution in [2.45, 2.75) is 25.4 Å². The molecule has 102 valence electrons. The van der Waals surface area contributed by atoms with Gasteiger partial charge in [0.1, 0.15) is 11.6 Å². The Kier molecular flexibility index (Phi) is 3.61. The summed E-state index contributed by atoms with van der Waals surface area (Å²) in [5.41, 5.74) is 0.134. The van der Waals surface area contributed by atoms with E-state index in [-0.39, 0.29) is 23.8 Å². The SMILES string of the molecule is CC(NC1CC(=O)N(C)C1=O)c1cc(F)ccc1F. The molecule has 0 radical (unpaired) electrons. The standard InChI is InChI=1S/C13H14F2N2O2/c1-7(9-5-8(14)3-4-10(9)15)16-11-6-12(18)17(2)13(11)19/h3-5,7,11,16H,6H2,1-2H3. The van der Waals surface area contributed by atoms with Gasteiger partial charge in [-0.15, -0.1) is 0 Å². The maximum absolute atomic E-state index is 13.6. The van der Waals surface area contributed by atoms with Crippen LogP contribution in [0, 0.1) is 11.6 Å². The third-order valence-corrected chi connectivity index (χ3v) is 3.26. The van der Waals surface area contributed by atoms with Gasteiger partial charge in [0.05, 0.1) is 12.5 Å². The summed E-state index contributed by atoms with van der Waals surface area (Å²) in [4.78, 5) is 24.1. The molecule has 1 heterocycles. The summed E-state index contributed by atoms with van der Waals surface area (Å²) in [6, 6.07) is 1.90. The fourth-order valence-corrected chi connectivity index (χ4v) is 2.12.